The minimum Gasteiger partial charge on any atom is -0.374 e. The van der Waals surface area contributed by atoms with E-state index in [1.807, 2.05) is 54.6 Å². The predicted molar refractivity (Wildman–Crippen MR) is 105 cm³/mol. The summed E-state index contributed by atoms with van der Waals surface area (Å²) >= 11 is 0. The van der Waals surface area contributed by atoms with E-state index >= 15 is 0 Å². The number of carbonyl (C=O) groups is 2. The number of hydrogen-bond donors (Lipinski definition) is 3. The first kappa shape index (κ1) is 19.5. The monoisotopic (exact) mass is 353 g/mol. The van der Waals surface area contributed by atoms with Gasteiger partial charge in [0.1, 0.15) is 6.04 Å². The van der Waals surface area contributed by atoms with Crippen LogP contribution in [0.1, 0.15) is 38.8 Å². The van der Waals surface area contributed by atoms with Crippen molar-refractivity contribution in [2.45, 2.75) is 45.7 Å². The van der Waals surface area contributed by atoms with Gasteiger partial charge < -0.3 is 10.6 Å². The van der Waals surface area contributed by atoms with Gasteiger partial charge in [0.15, 0.2) is 0 Å². The topological polar surface area (TPSA) is 70.2 Å². The molecule has 1 unspecified atom stereocenters. The molecule has 2 aromatic carbocycles. The number of rotatable bonds is 5. The molecular weight excluding hydrogens is 326 g/mol. The van der Waals surface area contributed by atoms with Crippen LogP contribution in [0.3, 0.4) is 0 Å². The van der Waals surface area contributed by atoms with Crippen LogP contribution in [0.4, 0.5) is 10.5 Å². The van der Waals surface area contributed by atoms with Gasteiger partial charge >= 0.3 is 6.03 Å². The van der Waals surface area contributed by atoms with E-state index in [-0.39, 0.29) is 11.3 Å². The number of carbonyl (C=O) groups excluding carboxylic acids is 2. The summed E-state index contributed by atoms with van der Waals surface area (Å²) in [6, 6.07) is 16.5. The zero-order valence-electron chi connectivity index (χ0n) is 15.8. The van der Waals surface area contributed by atoms with Crippen molar-refractivity contribution < 1.29 is 9.59 Å². The van der Waals surface area contributed by atoms with Gasteiger partial charge in [-0.3, -0.25) is 10.1 Å². The fourth-order valence-electron chi connectivity index (χ4n) is 2.42. The fraction of sp³-hybridized carbons (Fsp3) is 0.333. The van der Waals surface area contributed by atoms with Crippen molar-refractivity contribution in [2.75, 3.05) is 5.32 Å². The SMILES string of the molecule is CC(Nc1ccc(C(C)(C)C)cc1)C(=O)NC(=O)NCc1ccccc1. The third-order valence-corrected chi connectivity index (χ3v) is 4.06. The quantitative estimate of drug-likeness (QED) is 0.765. The molecule has 0 aromatic heterocycles. The molecule has 2 aromatic rings. The van der Waals surface area contributed by atoms with Gasteiger partial charge in [-0.15, -0.1) is 0 Å². The number of amides is 3. The second kappa shape index (κ2) is 8.52. The van der Waals surface area contributed by atoms with Crippen molar-refractivity contribution in [3.63, 3.8) is 0 Å². The maximum absolute atomic E-state index is 12.2. The first-order valence-corrected chi connectivity index (χ1v) is 8.75. The Labute approximate surface area is 155 Å². The molecule has 0 heterocycles. The number of anilines is 1. The lowest BCUT2D eigenvalue weighted by Crippen LogP contribution is -2.45. The summed E-state index contributed by atoms with van der Waals surface area (Å²) in [6.07, 6.45) is 0. The van der Waals surface area contributed by atoms with E-state index in [4.69, 9.17) is 0 Å². The summed E-state index contributed by atoms with van der Waals surface area (Å²) in [4.78, 5) is 24.0. The molecule has 0 radical (unpaired) electrons. The van der Waals surface area contributed by atoms with E-state index in [2.05, 4.69) is 36.7 Å². The molecule has 0 aliphatic heterocycles. The van der Waals surface area contributed by atoms with Crippen LogP contribution in [-0.2, 0) is 16.8 Å². The molecule has 26 heavy (non-hydrogen) atoms. The minimum atomic E-state index is -0.530. The van der Waals surface area contributed by atoms with Gasteiger partial charge in [-0.25, -0.2) is 4.79 Å². The third kappa shape index (κ3) is 5.92. The maximum Gasteiger partial charge on any atom is 0.321 e. The average molecular weight is 353 g/mol. The normalized spacial score (nSPS) is 12.2. The van der Waals surface area contributed by atoms with E-state index in [1.165, 1.54) is 5.56 Å². The van der Waals surface area contributed by atoms with Gasteiger partial charge in [0, 0.05) is 12.2 Å². The Hall–Kier alpha value is -2.82. The van der Waals surface area contributed by atoms with Gasteiger partial charge in [0.2, 0.25) is 5.91 Å². The molecule has 0 saturated heterocycles. The highest BCUT2D eigenvalue weighted by atomic mass is 16.2. The first-order chi connectivity index (χ1) is 12.3. The molecule has 3 amide bonds. The van der Waals surface area contributed by atoms with Crippen LogP contribution < -0.4 is 16.0 Å². The Morgan fingerprint density at radius 1 is 0.962 bits per heavy atom. The lowest BCUT2D eigenvalue weighted by molar-refractivity contribution is -0.120. The number of urea groups is 1. The second-order valence-electron chi connectivity index (χ2n) is 7.35. The molecule has 5 nitrogen and oxygen atoms in total. The Morgan fingerprint density at radius 2 is 1.58 bits per heavy atom. The first-order valence-electron chi connectivity index (χ1n) is 8.75. The lowest BCUT2D eigenvalue weighted by atomic mass is 9.87. The smallest absolute Gasteiger partial charge is 0.321 e. The van der Waals surface area contributed by atoms with Crippen molar-refractivity contribution in [2.24, 2.45) is 0 Å². The van der Waals surface area contributed by atoms with Crippen molar-refractivity contribution >= 4 is 17.6 Å². The summed E-state index contributed by atoms with van der Waals surface area (Å²) < 4.78 is 0. The lowest BCUT2D eigenvalue weighted by Gasteiger charge is -2.20. The van der Waals surface area contributed by atoms with E-state index in [0.717, 1.165) is 11.3 Å². The predicted octanol–water partition coefficient (Wildman–Crippen LogP) is 3.81. The molecular formula is C21H27N3O2. The molecule has 0 aliphatic rings. The number of hydrogen-bond acceptors (Lipinski definition) is 3. The highest BCUT2D eigenvalue weighted by Crippen LogP contribution is 2.23. The summed E-state index contributed by atoms with van der Waals surface area (Å²) in [5, 5.41) is 8.14. The van der Waals surface area contributed by atoms with Gasteiger partial charge in [-0.2, -0.15) is 0 Å². The molecule has 5 heteroatoms. The van der Waals surface area contributed by atoms with Crippen LogP contribution in [0.5, 0.6) is 0 Å². The van der Waals surface area contributed by atoms with Crippen molar-refractivity contribution in [3.05, 3.63) is 65.7 Å². The highest BCUT2D eigenvalue weighted by molar-refractivity contribution is 5.97. The zero-order chi connectivity index (χ0) is 19.2. The van der Waals surface area contributed by atoms with Crippen molar-refractivity contribution in [3.8, 4) is 0 Å². The fourth-order valence-corrected chi connectivity index (χ4v) is 2.42. The van der Waals surface area contributed by atoms with Crippen LogP contribution in [-0.4, -0.2) is 18.0 Å². The Balaban J connectivity index is 1.82. The standard InChI is InChI=1S/C21H27N3O2/c1-15(23-18-12-10-17(11-13-18)21(2,3)4)19(25)24-20(26)22-14-16-8-6-5-7-9-16/h5-13,15,23H,14H2,1-4H3,(H2,22,24,25,26). The van der Waals surface area contributed by atoms with E-state index in [1.54, 1.807) is 6.92 Å². The molecule has 138 valence electrons. The Bertz CT molecular complexity index is 734. The van der Waals surface area contributed by atoms with Gasteiger partial charge in [0.25, 0.3) is 0 Å². The second-order valence-corrected chi connectivity index (χ2v) is 7.35. The molecule has 0 saturated carbocycles. The summed E-state index contributed by atoms with van der Waals surface area (Å²) in [5.41, 5.74) is 3.12. The number of benzene rings is 2. The van der Waals surface area contributed by atoms with Crippen LogP contribution in [0, 0.1) is 0 Å². The molecule has 0 fully saturated rings. The van der Waals surface area contributed by atoms with E-state index in [0.29, 0.717) is 6.54 Å². The van der Waals surface area contributed by atoms with Gasteiger partial charge in [0.05, 0.1) is 0 Å². The largest absolute Gasteiger partial charge is 0.374 e. The van der Waals surface area contributed by atoms with E-state index in [9.17, 15) is 9.59 Å². The average Bonchev–Trinajstić information content (AvgIpc) is 2.60. The number of imide groups is 1. The van der Waals surface area contributed by atoms with Gasteiger partial charge in [-0.05, 0) is 35.6 Å². The van der Waals surface area contributed by atoms with Crippen LogP contribution in [0.2, 0.25) is 0 Å². The molecule has 1 atom stereocenters. The molecule has 0 spiro atoms. The Kier molecular flexibility index (Phi) is 6.39. The van der Waals surface area contributed by atoms with Gasteiger partial charge in [-0.1, -0.05) is 63.2 Å². The van der Waals surface area contributed by atoms with Crippen molar-refractivity contribution in [1.29, 1.82) is 0 Å². The summed E-state index contributed by atoms with van der Waals surface area (Å²) in [5.74, 6) is -0.379. The summed E-state index contributed by atoms with van der Waals surface area (Å²) in [6.45, 7) is 8.55. The third-order valence-electron chi connectivity index (χ3n) is 4.06. The molecule has 2 rings (SSSR count). The molecule has 0 bridgehead atoms. The van der Waals surface area contributed by atoms with Crippen LogP contribution in [0.15, 0.2) is 54.6 Å². The Morgan fingerprint density at radius 3 is 2.15 bits per heavy atom. The zero-order valence-corrected chi connectivity index (χ0v) is 15.8. The molecule has 3 N–H and O–H groups in total. The van der Waals surface area contributed by atoms with E-state index < -0.39 is 12.1 Å². The number of nitrogens with one attached hydrogen (secondary N) is 3. The maximum atomic E-state index is 12.2. The minimum absolute atomic E-state index is 0.0817. The van der Waals surface area contributed by atoms with Crippen LogP contribution >= 0.6 is 0 Å². The van der Waals surface area contributed by atoms with Crippen LogP contribution in [0.25, 0.3) is 0 Å². The molecule has 0 aliphatic carbocycles. The summed E-state index contributed by atoms with van der Waals surface area (Å²) in [7, 11) is 0. The highest BCUT2D eigenvalue weighted by Gasteiger charge is 2.17. The van der Waals surface area contributed by atoms with Crippen molar-refractivity contribution in [1.82, 2.24) is 10.6 Å².